The van der Waals surface area contributed by atoms with Crippen molar-refractivity contribution < 1.29 is 49.4 Å². The quantitative estimate of drug-likeness (QED) is 0.236. The van der Waals surface area contributed by atoms with Gasteiger partial charge in [0.1, 0.15) is 0 Å². The van der Waals surface area contributed by atoms with E-state index in [1.165, 1.54) is 25.7 Å². The molecule has 0 saturated heterocycles. The summed E-state index contributed by atoms with van der Waals surface area (Å²) in [5, 5.41) is 22.2. The van der Waals surface area contributed by atoms with Gasteiger partial charge in [0, 0.05) is 23.9 Å². The van der Waals surface area contributed by atoms with Crippen molar-refractivity contribution in [3.05, 3.63) is 35.4 Å². The van der Waals surface area contributed by atoms with Crippen LogP contribution in [0.4, 0.5) is 0 Å². The number of Topliss-reactive ketones (excluding diaryl/α,β-unsaturated/α-hetero) is 1. The molecule has 0 aliphatic rings. The number of hydrogen-bond donors (Lipinski definition) is 1. The molecule has 0 radical (unpaired) electrons. The van der Waals surface area contributed by atoms with Crippen LogP contribution < -0.4 is 34.7 Å². The van der Waals surface area contributed by atoms with E-state index >= 15 is 0 Å². The van der Waals surface area contributed by atoms with Crippen molar-refractivity contribution in [2.45, 2.75) is 103 Å². The summed E-state index contributed by atoms with van der Waals surface area (Å²) >= 11 is 0. The van der Waals surface area contributed by atoms with Crippen LogP contribution in [0.5, 0.6) is 0 Å². The molecular formula is C25H39NaO4. The number of aliphatic carboxylic acids is 1. The van der Waals surface area contributed by atoms with E-state index in [2.05, 4.69) is 13.8 Å². The van der Waals surface area contributed by atoms with Crippen molar-refractivity contribution in [3.8, 4) is 0 Å². The van der Waals surface area contributed by atoms with E-state index in [0.29, 0.717) is 24.0 Å². The summed E-state index contributed by atoms with van der Waals surface area (Å²) in [6, 6.07) is 6.81. The van der Waals surface area contributed by atoms with Gasteiger partial charge in [-0.15, -0.1) is 0 Å². The Kier molecular flexibility index (Phi) is 17.5. The molecule has 0 aromatic heterocycles. The first-order valence-electron chi connectivity index (χ1n) is 11.5. The molecule has 5 heteroatoms. The smallest absolute Gasteiger partial charge is 0.550 e. The number of aliphatic hydroxyl groups excluding tert-OH is 1. The Hall–Kier alpha value is -0.680. The summed E-state index contributed by atoms with van der Waals surface area (Å²) in [4.78, 5) is 24.0. The average Bonchev–Trinajstić information content (AvgIpc) is 2.72. The van der Waals surface area contributed by atoms with Crippen LogP contribution in [0, 0.1) is 5.92 Å². The molecule has 0 aliphatic heterocycles. The molecule has 1 N–H and O–H groups in total. The molecule has 1 aromatic carbocycles. The van der Waals surface area contributed by atoms with Gasteiger partial charge in [0.15, 0.2) is 5.78 Å². The Bertz CT molecular complexity index is 603. The number of carboxylic acid groups (broad SMARTS) is 1. The Morgan fingerprint density at radius 3 is 2.07 bits per heavy atom. The van der Waals surface area contributed by atoms with Crippen molar-refractivity contribution in [1.29, 1.82) is 0 Å². The molecule has 0 amide bonds. The van der Waals surface area contributed by atoms with Crippen molar-refractivity contribution in [2.75, 3.05) is 0 Å². The van der Waals surface area contributed by atoms with E-state index in [1.807, 2.05) is 0 Å². The fraction of sp³-hybridized carbons (Fsp3) is 0.680. The third kappa shape index (κ3) is 11.6. The molecular weight excluding hydrogens is 387 g/mol. The summed E-state index contributed by atoms with van der Waals surface area (Å²) in [5.74, 6) is -2.12. The first-order chi connectivity index (χ1) is 14.0. The zero-order valence-corrected chi connectivity index (χ0v) is 21.3. The predicted octanol–water partition coefficient (Wildman–Crippen LogP) is 2.38. The van der Waals surface area contributed by atoms with Gasteiger partial charge in [-0.2, -0.15) is 0 Å². The Morgan fingerprint density at radius 1 is 0.900 bits per heavy atom. The van der Waals surface area contributed by atoms with Gasteiger partial charge in [-0.25, -0.2) is 0 Å². The van der Waals surface area contributed by atoms with E-state index in [0.717, 1.165) is 44.9 Å². The fourth-order valence-electron chi connectivity index (χ4n) is 3.71. The molecule has 0 spiro atoms. The van der Waals surface area contributed by atoms with Gasteiger partial charge in [0.25, 0.3) is 0 Å². The molecule has 0 aliphatic carbocycles. The topological polar surface area (TPSA) is 77.4 Å². The first kappa shape index (κ1) is 29.3. The normalized spacial score (nSPS) is 12.8. The maximum atomic E-state index is 12.4. The number of rotatable bonds is 17. The number of benzene rings is 1. The Labute approximate surface area is 205 Å². The number of aliphatic hydroxyl groups is 1. The summed E-state index contributed by atoms with van der Waals surface area (Å²) < 4.78 is 0. The second-order valence-corrected chi connectivity index (χ2v) is 8.14. The second-order valence-electron chi connectivity index (χ2n) is 8.14. The molecule has 0 fully saturated rings. The maximum Gasteiger partial charge on any atom is 1.00 e. The zero-order chi connectivity index (χ0) is 21.5. The van der Waals surface area contributed by atoms with Crippen molar-refractivity contribution >= 4 is 11.8 Å². The number of ketones is 1. The van der Waals surface area contributed by atoms with E-state index in [1.54, 1.807) is 24.3 Å². The molecule has 2 unspecified atom stereocenters. The second kappa shape index (κ2) is 17.9. The van der Waals surface area contributed by atoms with E-state index in [9.17, 15) is 19.8 Å². The standard InChI is InChI=1S/C25H40O4.Na/c1-3-5-7-9-11-12-17-22(25(28)29)24(27)21-16-14-15-20(19-21)23(26)18-13-10-8-6-4-2;/h14-16,19,22,24,27H,3-13,17-18H2,1-2H3,(H,28,29);/q;+1/p-1. The van der Waals surface area contributed by atoms with E-state index < -0.39 is 18.0 Å². The van der Waals surface area contributed by atoms with Gasteiger partial charge >= 0.3 is 29.6 Å². The number of carboxylic acids is 1. The number of unbranched alkanes of at least 4 members (excludes halogenated alkanes) is 9. The first-order valence-corrected chi connectivity index (χ1v) is 11.5. The fourth-order valence-corrected chi connectivity index (χ4v) is 3.71. The summed E-state index contributed by atoms with van der Waals surface area (Å²) in [6.45, 7) is 4.32. The van der Waals surface area contributed by atoms with Crippen molar-refractivity contribution in [1.82, 2.24) is 0 Å². The Morgan fingerprint density at radius 2 is 1.47 bits per heavy atom. The summed E-state index contributed by atoms with van der Waals surface area (Å²) in [5.41, 5.74) is 1.04. The van der Waals surface area contributed by atoms with Crippen LogP contribution >= 0.6 is 0 Å². The minimum absolute atomic E-state index is 0. The van der Waals surface area contributed by atoms with Gasteiger partial charge < -0.3 is 15.0 Å². The summed E-state index contributed by atoms with van der Waals surface area (Å²) in [7, 11) is 0. The minimum atomic E-state index is -1.22. The number of hydrogen-bond acceptors (Lipinski definition) is 4. The van der Waals surface area contributed by atoms with Crippen molar-refractivity contribution in [2.24, 2.45) is 5.92 Å². The van der Waals surface area contributed by atoms with Gasteiger partial charge in [0.2, 0.25) is 0 Å². The van der Waals surface area contributed by atoms with Crippen LogP contribution in [-0.4, -0.2) is 16.9 Å². The van der Waals surface area contributed by atoms with Crippen LogP contribution in [0.15, 0.2) is 24.3 Å². The van der Waals surface area contributed by atoms with E-state index in [4.69, 9.17) is 0 Å². The largest absolute Gasteiger partial charge is 1.00 e. The maximum absolute atomic E-state index is 12.4. The van der Waals surface area contributed by atoms with Crippen LogP contribution in [-0.2, 0) is 4.79 Å². The van der Waals surface area contributed by atoms with Crippen LogP contribution in [0.2, 0.25) is 0 Å². The van der Waals surface area contributed by atoms with Gasteiger partial charge in [-0.05, 0) is 24.5 Å². The molecule has 1 aromatic rings. The molecule has 4 nitrogen and oxygen atoms in total. The SMILES string of the molecule is CCCCCCCCC(C(=O)[O-])C(O)c1cccc(C(=O)CCCCCCC)c1.[Na+]. The molecule has 164 valence electrons. The van der Waals surface area contributed by atoms with E-state index in [-0.39, 0.29) is 35.3 Å². The number of carbonyl (C=O) groups is 2. The Balaban J connectivity index is 0.00000841. The molecule has 0 bridgehead atoms. The summed E-state index contributed by atoms with van der Waals surface area (Å²) in [6.07, 6.45) is 11.5. The monoisotopic (exact) mass is 426 g/mol. The molecule has 2 atom stereocenters. The van der Waals surface area contributed by atoms with Crippen LogP contribution in [0.3, 0.4) is 0 Å². The zero-order valence-electron chi connectivity index (χ0n) is 19.3. The van der Waals surface area contributed by atoms with Gasteiger partial charge in [-0.1, -0.05) is 96.3 Å². The van der Waals surface area contributed by atoms with Crippen molar-refractivity contribution in [3.63, 3.8) is 0 Å². The minimum Gasteiger partial charge on any atom is -0.550 e. The van der Waals surface area contributed by atoms with Gasteiger partial charge in [0.05, 0.1) is 6.10 Å². The third-order valence-electron chi connectivity index (χ3n) is 5.61. The number of carbonyl (C=O) groups excluding carboxylic acids is 2. The third-order valence-corrected chi connectivity index (χ3v) is 5.61. The molecule has 0 heterocycles. The molecule has 0 saturated carbocycles. The van der Waals surface area contributed by atoms with Gasteiger partial charge in [-0.3, -0.25) is 4.79 Å². The van der Waals surface area contributed by atoms with Crippen LogP contribution in [0.25, 0.3) is 0 Å². The predicted molar refractivity (Wildman–Crippen MR) is 116 cm³/mol. The molecule has 1 rings (SSSR count). The average molecular weight is 427 g/mol. The van der Waals surface area contributed by atoms with Crippen LogP contribution in [0.1, 0.15) is 119 Å². The molecule has 30 heavy (non-hydrogen) atoms.